The normalized spacial score (nSPS) is 15.1. The van der Waals surface area contributed by atoms with Crippen molar-refractivity contribution in [3.05, 3.63) is 71.5 Å². The smallest absolute Gasteiger partial charge is 0.227 e. The van der Waals surface area contributed by atoms with Crippen LogP contribution < -0.4 is 9.47 Å². The number of alkyl halides is 1. The lowest BCUT2D eigenvalue weighted by Crippen LogP contribution is -2.37. The summed E-state index contributed by atoms with van der Waals surface area (Å²) < 4.78 is 12.0. The van der Waals surface area contributed by atoms with Gasteiger partial charge in [0, 0.05) is 18.7 Å². The summed E-state index contributed by atoms with van der Waals surface area (Å²) in [5.41, 5.74) is 2.94. The first kappa shape index (κ1) is 23.6. The Labute approximate surface area is 198 Å². The molecule has 2 aromatic carbocycles. The monoisotopic (exact) mass is 535 g/mol. The van der Waals surface area contributed by atoms with Gasteiger partial charge < -0.3 is 19.5 Å². The molecule has 5 nitrogen and oxygen atoms in total. The van der Waals surface area contributed by atoms with Crippen molar-refractivity contribution in [2.24, 2.45) is 5.92 Å². The van der Waals surface area contributed by atoms with E-state index in [9.17, 15) is 9.90 Å². The molecule has 6 heteroatoms. The Morgan fingerprint density at radius 2 is 1.97 bits per heavy atom. The van der Waals surface area contributed by atoms with E-state index in [1.807, 2.05) is 48.5 Å². The Morgan fingerprint density at radius 1 is 1.19 bits per heavy atom. The molecule has 31 heavy (non-hydrogen) atoms. The maximum absolute atomic E-state index is 12.9. The number of aliphatic hydroxyl groups excluding tert-OH is 1. The van der Waals surface area contributed by atoms with E-state index in [1.165, 1.54) is 0 Å². The second-order valence-corrected chi connectivity index (χ2v) is 9.32. The average Bonchev–Trinajstić information content (AvgIpc) is 2.75. The minimum absolute atomic E-state index is 0.0160. The number of hydrogen-bond acceptors (Lipinski definition) is 4. The Morgan fingerprint density at radius 3 is 2.68 bits per heavy atom. The molecule has 1 heterocycles. The van der Waals surface area contributed by atoms with Crippen molar-refractivity contribution >= 4 is 28.5 Å². The van der Waals surface area contributed by atoms with Crippen LogP contribution >= 0.6 is 22.6 Å². The number of halogens is 1. The van der Waals surface area contributed by atoms with Gasteiger partial charge in [-0.25, -0.2) is 0 Å². The van der Waals surface area contributed by atoms with Crippen molar-refractivity contribution < 1.29 is 19.4 Å². The van der Waals surface area contributed by atoms with Crippen LogP contribution in [0.2, 0.25) is 0 Å². The molecule has 1 N–H and O–H groups in total. The summed E-state index contributed by atoms with van der Waals surface area (Å²) in [5, 5.41) is 9.52. The van der Waals surface area contributed by atoms with Crippen molar-refractivity contribution in [2.75, 3.05) is 26.3 Å². The fourth-order valence-corrected chi connectivity index (χ4v) is 4.38. The molecule has 0 saturated carbocycles. The van der Waals surface area contributed by atoms with Crippen LogP contribution in [0.15, 0.2) is 60.4 Å². The summed E-state index contributed by atoms with van der Waals surface area (Å²) in [6.45, 7) is 5.61. The first-order valence-corrected chi connectivity index (χ1v) is 11.9. The SMILES string of the molecule is CC(C)CCOc1cccc2c1C(I)C(CN(CCO)C(=O)Cc1ccccc1)=CO2. The fraction of sp³-hybridized carbons (Fsp3) is 0.400. The van der Waals surface area contributed by atoms with Gasteiger partial charge in [0.25, 0.3) is 0 Å². The topological polar surface area (TPSA) is 59.0 Å². The molecule has 1 atom stereocenters. The number of carbonyl (C=O) groups is 1. The molecular formula is C25H30INO4. The van der Waals surface area contributed by atoms with Crippen LogP contribution in [0.4, 0.5) is 0 Å². The van der Waals surface area contributed by atoms with Gasteiger partial charge >= 0.3 is 0 Å². The molecule has 0 saturated heterocycles. The molecule has 0 spiro atoms. The van der Waals surface area contributed by atoms with Crippen LogP contribution in [0, 0.1) is 5.92 Å². The number of ether oxygens (including phenoxy) is 2. The molecule has 1 amide bonds. The van der Waals surface area contributed by atoms with Gasteiger partial charge in [0.2, 0.25) is 5.91 Å². The van der Waals surface area contributed by atoms with Crippen LogP contribution in [-0.2, 0) is 11.2 Å². The highest BCUT2D eigenvalue weighted by molar-refractivity contribution is 14.1. The summed E-state index contributed by atoms with van der Waals surface area (Å²) in [6.07, 6.45) is 3.02. The number of fused-ring (bicyclic) bond motifs is 1. The highest BCUT2D eigenvalue weighted by Gasteiger charge is 2.28. The third-order valence-corrected chi connectivity index (χ3v) is 6.61. The third-order valence-electron chi connectivity index (χ3n) is 5.19. The van der Waals surface area contributed by atoms with Crippen molar-refractivity contribution in [3.63, 3.8) is 0 Å². The summed E-state index contributed by atoms with van der Waals surface area (Å²) in [7, 11) is 0. The van der Waals surface area contributed by atoms with Gasteiger partial charge in [-0.15, -0.1) is 0 Å². The lowest BCUT2D eigenvalue weighted by molar-refractivity contribution is -0.130. The first-order valence-electron chi connectivity index (χ1n) is 10.7. The van der Waals surface area contributed by atoms with Crippen molar-refractivity contribution in [1.29, 1.82) is 0 Å². The third kappa shape index (κ3) is 6.46. The van der Waals surface area contributed by atoms with Crippen molar-refractivity contribution in [1.82, 2.24) is 4.90 Å². The van der Waals surface area contributed by atoms with Gasteiger partial charge in [-0.3, -0.25) is 4.79 Å². The van der Waals surface area contributed by atoms with Crippen LogP contribution in [0.1, 0.15) is 35.3 Å². The molecule has 1 unspecified atom stereocenters. The van der Waals surface area contributed by atoms with Gasteiger partial charge in [0.1, 0.15) is 11.5 Å². The Hall–Kier alpha value is -2.06. The zero-order chi connectivity index (χ0) is 22.2. The number of aliphatic hydroxyl groups is 1. The number of carbonyl (C=O) groups excluding carboxylic acids is 1. The van der Waals surface area contributed by atoms with Crippen LogP contribution in [-0.4, -0.2) is 42.2 Å². The second kappa shape index (κ2) is 11.5. The summed E-state index contributed by atoms with van der Waals surface area (Å²) >= 11 is 2.38. The molecule has 0 aliphatic carbocycles. The van der Waals surface area contributed by atoms with Gasteiger partial charge in [0.05, 0.1) is 35.4 Å². The van der Waals surface area contributed by atoms with E-state index in [2.05, 4.69) is 36.4 Å². The standard InChI is InChI=1S/C25H30INO4/c1-18(2)11-14-30-21-9-6-10-22-24(21)25(26)20(17-31-22)16-27(12-13-28)23(29)15-19-7-4-3-5-8-19/h3-10,17-18,25,28H,11-16H2,1-2H3. The van der Waals surface area contributed by atoms with E-state index >= 15 is 0 Å². The molecule has 3 rings (SSSR count). The number of rotatable bonds is 10. The van der Waals surface area contributed by atoms with Gasteiger partial charge in [0.15, 0.2) is 0 Å². The highest BCUT2D eigenvalue weighted by atomic mass is 127. The molecule has 1 aliphatic heterocycles. The maximum Gasteiger partial charge on any atom is 0.227 e. The number of amides is 1. The minimum Gasteiger partial charge on any atom is -0.493 e. The second-order valence-electron chi connectivity index (χ2n) is 8.07. The fourth-order valence-electron chi connectivity index (χ4n) is 3.42. The lowest BCUT2D eigenvalue weighted by Gasteiger charge is -2.29. The molecule has 1 aliphatic rings. The van der Waals surface area contributed by atoms with E-state index < -0.39 is 0 Å². The lowest BCUT2D eigenvalue weighted by atomic mass is 10.0. The summed E-state index contributed by atoms with van der Waals surface area (Å²) in [5.74, 6) is 2.17. The zero-order valence-corrected chi connectivity index (χ0v) is 20.2. The molecular weight excluding hydrogens is 505 g/mol. The zero-order valence-electron chi connectivity index (χ0n) is 18.1. The molecule has 0 aromatic heterocycles. The van der Waals surface area contributed by atoms with Crippen LogP contribution in [0.5, 0.6) is 11.5 Å². The molecule has 2 aromatic rings. The summed E-state index contributed by atoms with van der Waals surface area (Å²) in [6, 6.07) is 15.5. The van der Waals surface area contributed by atoms with E-state index in [-0.39, 0.29) is 23.0 Å². The van der Waals surface area contributed by atoms with Gasteiger partial charge in [-0.2, -0.15) is 0 Å². The van der Waals surface area contributed by atoms with Crippen LogP contribution in [0.3, 0.4) is 0 Å². The average molecular weight is 535 g/mol. The van der Waals surface area contributed by atoms with E-state index in [0.717, 1.165) is 34.6 Å². The van der Waals surface area contributed by atoms with Gasteiger partial charge in [-0.1, -0.05) is 72.8 Å². The molecule has 0 radical (unpaired) electrons. The minimum atomic E-state index is -0.0826. The molecule has 0 fully saturated rings. The maximum atomic E-state index is 12.9. The number of benzene rings is 2. The largest absolute Gasteiger partial charge is 0.493 e. The Kier molecular flexibility index (Phi) is 8.78. The predicted octanol–water partition coefficient (Wildman–Crippen LogP) is 4.93. The van der Waals surface area contributed by atoms with E-state index in [4.69, 9.17) is 9.47 Å². The number of nitrogens with zero attached hydrogens (tertiary/aromatic N) is 1. The predicted molar refractivity (Wildman–Crippen MR) is 131 cm³/mol. The Bertz CT molecular complexity index is 898. The quantitative estimate of drug-likeness (QED) is 0.347. The van der Waals surface area contributed by atoms with E-state index in [1.54, 1.807) is 11.2 Å². The van der Waals surface area contributed by atoms with Gasteiger partial charge in [-0.05, 0) is 30.0 Å². The number of hydrogen-bond donors (Lipinski definition) is 1. The van der Waals surface area contributed by atoms with Crippen LogP contribution in [0.25, 0.3) is 0 Å². The summed E-state index contributed by atoms with van der Waals surface area (Å²) in [4.78, 5) is 14.6. The highest BCUT2D eigenvalue weighted by Crippen LogP contribution is 2.46. The van der Waals surface area contributed by atoms with E-state index in [0.29, 0.717) is 25.5 Å². The molecule has 0 bridgehead atoms. The Balaban J connectivity index is 1.73. The van der Waals surface area contributed by atoms with Crippen molar-refractivity contribution in [2.45, 2.75) is 30.6 Å². The first-order chi connectivity index (χ1) is 15.0. The van der Waals surface area contributed by atoms with Crippen molar-refractivity contribution in [3.8, 4) is 11.5 Å². The molecule has 166 valence electrons.